The Morgan fingerprint density at radius 1 is 1.11 bits per heavy atom. The second-order valence-electron chi connectivity index (χ2n) is 6.28. The van der Waals surface area contributed by atoms with Crippen molar-refractivity contribution in [1.82, 2.24) is 10.2 Å². The third-order valence-corrected chi connectivity index (χ3v) is 4.66. The highest BCUT2D eigenvalue weighted by molar-refractivity contribution is 5.27. The number of hydrogen-bond donors (Lipinski definition) is 1. The summed E-state index contributed by atoms with van der Waals surface area (Å²) in [4.78, 5) is 2.51. The number of likely N-dealkylation sites (tertiary alicyclic amines) is 1. The monoisotopic (exact) mass is 258 g/mol. The summed E-state index contributed by atoms with van der Waals surface area (Å²) in [6.07, 6.45) is 6.91. The number of nitrogens with one attached hydrogen (secondary N) is 1. The molecule has 104 valence electrons. The Labute approximate surface area is 117 Å². The zero-order valence-corrected chi connectivity index (χ0v) is 12.1. The lowest BCUT2D eigenvalue weighted by atomic mass is 10.0. The summed E-state index contributed by atoms with van der Waals surface area (Å²) in [5.41, 5.74) is 2.96. The maximum atomic E-state index is 3.62. The van der Waals surface area contributed by atoms with E-state index in [1.807, 2.05) is 0 Å². The molecular weight excluding hydrogens is 232 g/mol. The van der Waals surface area contributed by atoms with Gasteiger partial charge in [0.25, 0.3) is 0 Å². The fraction of sp³-hybridized carbons (Fsp3) is 0.647. The zero-order valence-electron chi connectivity index (χ0n) is 12.1. The molecular formula is C17H26N2. The van der Waals surface area contributed by atoms with Crippen molar-refractivity contribution in [3.05, 3.63) is 35.4 Å². The second-order valence-corrected chi connectivity index (χ2v) is 6.28. The molecule has 1 aromatic carbocycles. The number of hydrogen-bond acceptors (Lipinski definition) is 2. The van der Waals surface area contributed by atoms with Crippen molar-refractivity contribution in [1.29, 1.82) is 0 Å². The van der Waals surface area contributed by atoms with Crippen LogP contribution < -0.4 is 5.32 Å². The Hall–Kier alpha value is -0.860. The molecule has 1 aliphatic carbocycles. The SMILES string of the molecule is CN1CCCCC1CNCc1ccc(C2CC2)cc1. The Kier molecular flexibility index (Phi) is 4.19. The molecule has 0 aromatic heterocycles. The molecule has 1 unspecified atom stereocenters. The largest absolute Gasteiger partial charge is 0.311 e. The van der Waals surface area contributed by atoms with Crippen LogP contribution in [0.15, 0.2) is 24.3 Å². The number of rotatable bonds is 5. The lowest BCUT2D eigenvalue weighted by Crippen LogP contribution is -2.42. The molecule has 19 heavy (non-hydrogen) atoms. The Bertz CT molecular complexity index is 394. The third kappa shape index (κ3) is 3.58. The van der Waals surface area contributed by atoms with Crippen LogP contribution in [0.3, 0.4) is 0 Å². The summed E-state index contributed by atoms with van der Waals surface area (Å²) in [5.74, 6) is 0.873. The standard InChI is InChI=1S/C17H26N2/c1-19-11-3-2-4-17(19)13-18-12-14-5-7-15(8-6-14)16-9-10-16/h5-8,16-18H,2-4,9-13H2,1H3. The van der Waals surface area contributed by atoms with Crippen molar-refractivity contribution in [2.45, 2.75) is 50.6 Å². The second kappa shape index (κ2) is 6.06. The maximum Gasteiger partial charge on any atom is 0.0217 e. The first kappa shape index (κ1) is 13.1. The van der Waals surface area contributed by atoms with Gasteiger partial charge in [-0.3, -0.25) is 0 Å². The predicted octanol–water partition coefficient (Wildman–Crippen LogP) is 3.14. The van der Waals surface area contributed by atoms with E-state index in [0.29, 0.717) is 0 Å². The fourth-order valence-electron chi connectivity index (χ4n) is 3.11. The summed E-state index contributed by atoms with van der Waals surface area (Å²) in [6.45, 7) is 3.40. The van der Waals surface area contributed by atoms with Gasteiger partial charge in [-0.1, -0.05) is 30.7 Å². The molecule has 0 radical (unpaired) electrons. The van der Waals surface area contributed by atoms with E-state index in [-0.39, 0.29) is 0 Å². The summed E-state index contributed by atoms with van der Waals surface area (Å²) in [6, 6.07) is 9.97. The van der Waals surface area contributed by atoms with Gasteiger partial charge in [0, 0.05) is 19.1 Å². The third-order valence-electron chi connectivity index (χ3n) is 4.66. The number of piperidine rings is 1. The van der Waals surface area contributed by atoms with Crippen molar-refractivity contribution in [2.24, 2.45) is 0 Å². The summed E-state index contributed by atoms with van der Waals surface area (Å²) in [5, 5.41) is 3.62. The van der Waals surface area contributed by atoms with Gasteiger partial charge < -0.3 is 10.2 Å². The predicted molar refractivity (Wildman–Crippen MR) is 80.4 cm³/mol. The van der Waals surface area contributed by atoms with Crippen LogP contribution in [0.4, 0.5) is 0 Å². The van der Waals surface area contributed by atoms with Crippen LogP contribution >= 0.6 is 0 Å². The van der Waals surface area contributed by atoms with Crippen molar-refractivity contribution >= 4 is 0 Å². The molecule has 1 aliphatic heterocycles. The van der Waals surface area contributed by atoms with Gasteiger partial charge in [0.15, 0.2) is 0 Å². The number of likely N-dealkylation sites (N-methyl/N-ethyl adjacent to an activating group) is 1. The van der Waals surface area contributed by atoms with Gasteiger partial charge >= 0.3 is 0 Å². The minimum atomic E-state index is 0.736. The Morgan fingerprint density at radius 3 is 2.58 bits per heavy atom. The molecule has 0 bridgehead atoms. The lowest BCUT2D eigenvalue weighted by molar-refractivity contribution is 0.181. The van der Waals surface area contributed by atoms with Gasteiger partial charge in [-0.05, 0) is 56.3 Å². The first-order valence-corrected chi connectivity index (χ1v) is 7.83. The number of nitrogens with zero attached hydrogens (tertiary/aromatic N) is 1. The van der Waals surface area contributed by atoms with Crippen LogP contribution in [-0.4, -0.2) is 31.1 Å². The van der Waals surface area contributed by atoms with E-state index < -0.39 is 0 Å². The zero-order chi connectivity index (χ0) is 13.1. The molecule has 2 fully saturated rings. The molecule has 1 saturated carbocycles. The van der Waals surface area contributed by atoms with Crippen LogP contribution in [0.2, 0.25) is 0 Å². The molecule has 2 nitrogen and oxygen atoms in total. The van der Waals surface area contributed by atoms with E-state index in [4.69, 9.17) is 0 Å². The van der Waals surface area contributed by atoms with Gasteiger partial charge in [-0.25, -0.2) is 0 Å². The quantitative estimate of drug-likeness (QED) is 0.873. The van der Waals surface area contributed by atoms with E-state index in [9.17, 15) is 0 Å². The summed E-state index contributed by atoms with van der Waals surface area (Å²) in [7, 11) is 2.26. The molecule has 1 aromatic rings. The van der Waals surface area contributed by atoms with Crippen LogP contribution in [-0.2, 0) is 6.54 Å². The van der Waals surface area contributed by atoms with E-state index in [1.165, 1.54) is 49.8 Å². The normalized spacial score (nSPS) is 24.6. The smallest absolute Gasteiger partial charge is 0.0217 e. The molecule has 1 heterocycles. The van der Waals surface area contributed by atoms with Gasteiger partial charge in [0.05, 0.1) is 0 Å². The van der Waals surface area contributed by atoms with Crippen LogP contribution in [0.1, 0.15) is 49.1 Å². The molecule has 1 atom stereocenters. The first-order valence-electron chi connectivity index (χ1n) is 7.83. The first-order chi connectivity index (χ1) is 9.33. The molecule has 2 heteroatoms. The van der Waals surface area contributed by atoms with Crippen LogP contribution in [0, 0.1) is 0 Å². The summed E-state index contributed by atoms with van der Waals surface area (Å²) >= 11 is 0. The minimum absolute atomic E-state index is 0.736. The Balaban J connectivity index is 1.43. The molecule has 1 saturated heterocycles. The highest BCUT2D eigenvalue weighted by Gasteiger charge is 2.23. The highest BCUT2D eigenvalue weighted by Crippen LogP contribution is 2.39. The van der Waals surface area contributed by atoms with Crippen LogP contribution in [0.25, 0.3) is 0 Å². The lowest BCUT2D eigenvalue weighted by Gasteiger charge is -2.32. The fourth-order valence-corrected chi connectivity index (χ4v) is 3.11. The van der Waals surface area contributed by atoms with Gasteiger partial charge in [0.2, 0.25) is 0 Å². The average Bonchev–Trinajstić information content (AvgIpc) is 3.26. The maximum absolute atomic E-state index is 3.62. The van der Waals surface area contributed by atoms with E-state index >= 15 is 0 Å². The highest BCUT2D eigenvalue weighted by atomic mass is 15.2. The summed E-state index contributed by atoms with van der Waals surface area (Å²) < 4.78 is 0. The molecule has 2 aliphatic rings. The number of benzene rings is 1. The van der Waals surface area contributed by atoms with Crippen molar-refractivity contribution in [3.63, 3.8) is 0 Å². The average molecular weight is 258 g/mol. The van der Waals surface area contributed by atoms with E-state index in [0.717, 1.165) is 25.0 Å². The minimum Gasteiger partial charge on any atom is -0.311 e. The van der Waals surface area contributed by atoms with Crippen molar-refractivity contribution in [2.75, 3.05) is 20.1 Å². The molecule has 3 rings (SSSR count). The van der Waals surface area contributed by atoms with Gasteiger partial charge in [-0.2, -0.15) is 0 Å². The Morgan fingerprint density at radius 2 is 1.89 bits per heavy atom. The van der Waals surface area contributed by atoms with E-state index in [2.05, 4.69) is 41.5 Å². The molecule has 0 spiro atoms. The van der Waals surface area contributed by atoms with Gasteiger partial charge in [0.1, 0.15) is 0 Å². The molecule has 0 amide bonds. The van der Waals surface area contributed by atoms with E-state index in [1.54, 1.807) is 0 Å². The van der Waals surface area contributed by atoms with Crippen molar-refractivity contribution < 1.29 is 0 Å². The molecule has 1 N–H and O–H groups in total. The topological polar surface area (TPSA) is 15.3 Å². The van der Waals surface area contributed by atoms with Crippen LogP contribution in [0.5, 0.6) is 0 Å². The van der Waals surface area contributed by atoms with Crippen molar-refractivity contribution in [3.8, 4) is 0 Å². The van der Waals surface area contributed by atoms with Gasteiger partial charge in [-0.15, -0.1) is 0 Å².